The molecule has 2 atom stereocenters. The fourth-order valence-electron chi connectivity index (χ4n) is 0.930. The molecule has 0 spiro atoms. The predicted molar refractivity (Wildman–Crippen MR) is 51.6 cm³/mol. The molecule has 0 bridgehead atoms. The van der Waals surface area contributed by atoms with Crippen LogP contribution in [-0.2, 0) is 10.1 Å². The van der Waals surface area contributed by atoms with E-state index in [9.17, 15) is 8.42 Å². The molecular weight excluding hydrogens is 210 g/mol. The minimum atomic E-state index is -3.91. The van der Waals surface area contributed by atoms with Gasteiger partial charge in [-0.2, -0.15) is 8.42 Å². The Balaban J connectivity index is 3.63. The van der Waals surface area contributed by atoms with Gasteiger partial charge in [-0.05, 0) is 19.9 Å². The third-order valence-corrected chi connectivity index (χ3v) is 2.57. The lowest BCUT2D eigenvalue weighted by Gasteiger charge is -2.18. The maximum Gasteiger partial charge on any atom is 0.264 e. The van der Waals surface area contributed by atoms with Crippen LogP contribution in [0.15, 0.2) is 0 Å². The van der Waals surface area contributed by atoms with E-state index in [4.69, 9.17) is 14.8 Å². The van der Waals surface area contributed by atoms with Crippen LogP contribution in [0.5, 0.6) is 0 Å². The molecule has 0 aromatic rings. The molecule has 7 heteroatoms. The predicted octanol–water partition coefficient (Wildman–Crippen LogP) is -1.40. The van der Waals surface area contributed by atoms with Crippen molar-refractivity contribution in [3.8, 4) is 0 Å². The van der Waals surface area contributed by atoms with E-state index in [0.717, 1.165) is 0 Å². The van der Waals surface area contributed by atoms with Gasteiger partial charge in [-0.3, -0.25) is 4.55 Å². The van der Waals surface area contributed by atoms with Crippen molar-refractivity contribution in [2.24, 2.45) is 0 Å². The number of hydrogen-bond donors (Lipinski definition) is 4. The zero-order valence-electron chi connectivity index (χ0n) is 8.05. The molecular formula is C7H17NO5S. The van der Waals surface area contributed by atoms with Gasteiger partial charge >= 0.3 is 0 Å². The standard InChI is InChI=1S/C7H17NO5S/c1-6(10)7(5-9)8-3-2-4-14(11,12)13/h6-10H,2-5H2,1H3,(H,11,12,13). The van der Waals surface area contributed by atoms with Gasteiger partial charge in [0.15, 0.2) is 0 Å². The fourth-order valence-corrected chi connectivity index (χ4v) is 1.44. The third kappa shape index (κ3) is 7.22. The highest BCUT2D eigenvalue weighted by Gasteiger charge is 2.12. The summed E-state index contributed by atoms with van der Waals surface area (Å²) in [5, 5.41) is 20.6. The third-order valence-electron chi connectivity index (χ3n) is 1.76. The van der Waals surface area contributed by atoms with E-state index in [1.54, 1.807) is 0 Å². The molecule has 86 valence electrons. The summed E-state index contributed by atoms with van der Waals surface area (Å²) in [6.45, 7) is 1.62. The molecule has 6 nitrogen and oxygen atoms in total. The quantitative estimate of drug-likeness (QED) is 0.315. The van der Waals surface area contributed by atoms with E-state index in [1.165, 1.54) is 6.92 Å². The van der Waals surface area contributed by atoms with Gasteiger partial charge < -0.3 is 15.5 Å². The topological polar surface area (TPSA) is 107 Å². The van der Waals surface area contributed by atoms with E-state index < -0.39 is 22.3 Å². The minimum absolute atomic E-state index is 0.219. The van der Waals surface area contributed by atoms with Crippen LogP contribution in [0.4, 0.5) is 0 Å². The van der Waals surface area contributed by atoms with Crippen LogP contribution in [0.1, 0.15) is 13.3 Å². The highest BCUT2D eigenvalue weighted by Crippen LogP contribution is 1.92. The summed E-state index contributed by atoms with van der Waals surface area (Å²) < 4.78 is 29.0. The number of aliphatic hydroxyl groups excluding tert-OH is 2. The van der Waals surface area contributed by atoms with Gasteiger partial charge in [-0.1, -0.05) is 0 Å². The summed E-state index contributed by atoms with van der Waals surface area (Å²) in [5.74, 6) is -0.321. The average Bonchev–Trinajstić information content (AvgIpc) is 2.01. The number of hydrogen-bond acceptors (Lipinski definition) is 5. The summed E-state index contributed by atoms with van der Waals surface area (Å²) >= 11 is 0. The fraction of sp³-hybridized carbons (Fsp3) is 1.00. The molecule has 2 unspecified atom stereocenters. The van der Waals surface area contributed by atoms with Crippen molar-refractivity contribution in [1.29, 1.82) is 0 Å². The van der Waals surface area contributed by atoms with Crippen molar-refractivity contribution >= 4 is 10.1 Å². The normalized spacial score (nSPS) is 16.6. The van der Waals surface area contributed by atoms with Gasteiger partial charge in [0.05, 0.1) is 24.5 Å². The van der Waals surface area contributed by atoms with Crippen molar-refractivity contribution < 1.29 is 23.2 Å². The van der Waals surface area contributed by atoms with Crippen LogP contribution in [0.25, 0.3) is 0 Å². The molecule has 0 amide bonds. The van der Waals surface area contributed by atoms with E-state index in [0.29, 0.717) is 6.54 Å². The lowest BCUT2D eigenvalue weighted by molar-refractivity contribution is 0.104. The van der Waals surface area contributed by atoms with E-state index in [-0.39, 0.29) is 18.8 Å². The summed E-state index contributed by atoms with van der Waals surface area (Å²) in [5.41, 5.74) is 0. The molecule has 0 aliphatic carbocycles. The van der Waals surface area contributed by atoms with E-state index in [2.05, 4.69) is 5.32 Å². The zero-order valence-corrected chi connectivity index (χ0v) is 8.87. The minimum Gasteiger partial charge on any atom is -0.395 e. The lowest BCUT2D eigenvalue weighted by atomic mass is 10.2. The van der Waals surface area contributed by atoms with E-state index in [1.807, 2.05) is 0 Å². The summed E-state index contributed by atoms with van der Waals surface area (Å²) in [6.07, 6.45) is -0.465. The Kier molecular flexibility index (Phi) is 6.21. The number of rotatable bonds is 7. The van der Waals surface area contributed by atoms with Gasteiger partial charge in [0.2, 0.25) is 0 Å². The van der Waals surface area contributed by atoms with Crippen molar-refractivity contribution in [2.45, 2.75) is 25.5 Å². The van der Waals surface area contributed by atoms with E-state index >= 15 is 0 Å². The molecule has 0 saturated carbocycles. The van der Waals surface area contributed by atoms with Crippen molar-refractivity contribution in [2.75, 3.05) is 18.9 Å². The number of aliphatic hydroxyl groups is 2. The van der Waals surface area contributed by atoms with Crippen LogP contribution in [-0.4, -0.2) is 54.2 Å². The first kappa shape index (κ1) is 13.8. The maximum atomic E-state index is 10.3. The zero-order chi connectivity index (χ0) is 11.2. The van der Waals surface area contributed by atoms with Crippen molar-refractivity contribution in [3.05, 3.63) is 0 Å². The summed E-state index contributed by atoms with van der Waals surface area (Å²) in [7, 11) is -3.91. The van der Waals surface area contributed by atoms with Gasteiger partial charge in [0.1, 0.15) is 0 Å². The van der Waals surface area contributed by atoms with Crippen molar-refractivity contribution in [1.82, 2.24) is 5.32 Å². The smallest absolute Gasteiger partial charge is 0.264 e. The molecule has 0 aliphatic rings. The average molecular weight is 227 g/mol. The summed E-state index contributed by atoms with van der Waals surface area (Å²) in [4.78, 5) is 0. The Hall–Kier alpha value is -0.210. The maximum absolute atomic E-state index is 10.3. The second kappa shape index (κ2) is 6.31. The Morgan fingerprint density at radius 3 is 2.36 bits per heavy atom. The highest BCUT2D eigenvalue weighted by molar-refractivity contribution is 7.85. The van der Waals surface area contributed by atoms with Gasteiger partial charge in [0, 0.05) is 0 Å². The van der Waals surface area contributed by atoms with Crippen LogP contribution in [0.2, 0.25) is 0 Å². The SMILES string of the molecule is CC(O)C(CO)NCCCS(=O)(=O)O. The summed E-state index contributed by atoms with van der Waals surface area (Å²) in [6, 6.07) is -0.462. The van der Waals surface area contributed by atoms with Crippen LogP contribution >= 0.6 is 0 Å². The Bertz CT molecular complexity index is 238. The Morgan fingerprint density at radius 2 is 2.00 bits per heavy atom. The molecule has 0 radical (unpaired) electrons. The molecule has 0 aromatic heterocycles. The number of nitrogens with one attached hydrogen (secondary N) is 1. The second-order valence-electron chi connectivity index (χ2n) is 3.12. The lowest BCUT2D eigenvalue weighted by Crippen LogP contribution is -2.42. The first-order valence-electron chi connectivity index (χ1n) is 4.34. The highest BCUT2D eigenvalue weighted by atomic mass is 32.2. The molecule has 4 N–H and O–H groups in total. The Morgan fingerprint density at radius 1 is 1.43 bits per heavy atom. The van der Waals surface area contributed by atoms with Crippen LogP contribution in [0, 0.1) is 0 Å². The molecule has 14 heavy (non-hydrogen) atoms. The van der Waals surface area contributed by atoms with Gasteiger partial charge in [-0.15, -0.1) is 0 Å². The first-order valence-corrected chi connectivity index (χ1v) is 5.95. The monoisotopic (exact) mass is 227 g/mol. The molecule has 0 aliphatic heterocycles. The largest absolute Gasteiger partial charge is 0.395 e. The molecule has 0 saturated heterocycles. The van der Waals surface area contributed by atoms with Crippen molar-refractivity contribution in [3.63, 3.8) is 0 Å². The first-order chi connectivity index (χ1) is 6.37. The molecule has 0 rings (SSSR count). The second-order valence-corrected chi connectivity index (χ2v) is 4.70. The van der Waals surface area contributed by atoms with Gasteiger partial charge in [0.25, 0.3) is 10.1 Å². The molecule has 0 aromatic carbocycles. The molecule has 0 fully saturated rings. The van der Waals surface area contributed by atoms with Crippen LogP contribution in [0.3, 0.4) is 0 Å². The van der Waals surface area contributed by atoms with Crippen LogP contribution < -0.4 is 5.32 Å². The molecule has 0 heterocycles. The Labute approximate surface area is 83.7 Å². The van der Waals surface area contributed by atoms with Gasteiger partial charge in [-0.25, -0.2) is 0 Å².